The van der Waals surface area contributed by atoms with Crippen LogP contribution in [-0.4, -0.2) is 15.7 Å². The predicted octanol–water partition coefficient (Wildman–Crippen LogP) is 4.80. The fraction of sp³-hybridized carbons (Fsp3) is 0.111. The summed E-state index contributed by atoms with van der Waals surface area (Å²) in [6, 6.07) is 14.5. The number of carbonyl (C=O) groups is 1. The highest BCUT2D eigenvalue weighted by Crippen LogP contribution is 2.22. The van der Waals surface area contributed by atoms with E-state index >= 15 is 0 Å². The van der Waals surface area contributed by atoms with Crippen molar-refractivity contribution >= 4 is 34.9 Å². The first-order valence-corrected chi connectivity index (χ1v) is 8.12. The van der Waals surface area contributed by atoms with E-state index in [1.54, 1.807) is 41.2 Å². The standard InChI is InChI=1S/C18H15Cl2N3O/c1-12-2-4-13(5-3-12)18(24)21-17-8-9-23(22-17)11-14-6-7-15(19)10-16(14)20/h2-10H,11H2,1H3,(H,21,22,24). The van der Waals surface area contributed by atoms with E-state index in [1.807, 2.05) is 25.1 Å². The summed E-state index contributed by atoms with van der Waals surface area (Å²) in [7, 11) is 0. The van der Waals surface area contributed by atoms with Crippen molar-refractivity contribution in [1.29, 1.82) is 0 Å². The lowest BCUT2D eigenvalue weighted by Gasteiger charge is -2.05. The Hall–Kier alpha value is -2.30. The topological polar surface area (TPSA) is 46.9 Å². The Labute approximate surface area is 150 Å². The van der Waals surface area contributed by atoms with Crippen LogP contribution in [0, 0.1) is 6.92 Å². The van der Waals surface area contributed by atoms with Gasteiger partial charge in [-0.25, -0.2) is 0 Å². The van der Waals surface area contributed by atoms with Crippen molar-refractivity contribution < 1.29 is 4.79 Å². The van der Waals surface area contributed by atoms with Crippen molar-refractivity contribution in [1.82, 2.24) is 9.78 Å². The Morgan fingerprint density at radius 2 is 1.88 bits per heavy atom. The maximum absolute atomic E-state index is 12.2. The van der Waals surface area contributed by atoms with Crippen LogP contribution >= 0.6 is 23.2 Å². The van der Waals surface area contributed by atoms with E-state index < -0.39 is 0 Å². The molecule has 1 amide bonds. The van der Waals surface area contributed by atoms with Gasteiger partial charge in [0.25, 0.3) is 5.91 Å². The number of carbonyl (C=O) groups excluding carboxylic acids is 1. The third kappa shape index (κ3) is 3.96. The summed E-state index contributed by atoms with van der Waals surface area (Å²) in [6.07, 6.45) is 1.79. The van der Waals surface area contributed by atoms with Gasteiger partial charge in [-0.15, -0.1) is 0 Å². The Balaban J connectivity index is 1.69. The lowest BCUT2D eigenvalue weighted by atomic mass is 10.1. The molecule has 0 spiro atoms. The number of rotatable bonds is 4. The molecule has 1 N–H and O–H groups in total. The summed E-state index contributed by atoms with van der Waals surface area (Å²) >= 11 is 12.1. The zero-order chi connectivity index (χ0) is 17.1. The van der Waals surface area contributed by atoms with Crippen molar-refractivity contribution in [2.24, 2.45) is 0 Å². The van der Waals surface area contributed by atoms with E-state index in [0.29, 0.717) is 28.0 Å². The van der Waals surface area contributed by atoms with E-state index in [0.717, 1.165) is 11.1 Å². The second-order valence-electron chi connectivity index (χ2n) is 5.45. The molecule has 0 fully saturated rings. The lowest BCUT2D eigenvalue weighted by Crippen LogP contribution is -2.12. The molecule has 0 atom stereocenters. The predicted molar refractivity (Wildman–Crippen MR) is 96.9 cm³/mol. The third-order valence-electron chi connectivity index (χ3n) is 3.54. The Kier molecular flexibility index (Phi) is 4.88. The molecule has 24 heavy (non-hydrogen) atoms. The van der Waals surface area contributed by atoms with E-state index in [9.17, 15) is 4.79 Å². The minimum atomic E-state index is -0.190. The zero-order valence-electron chi connectivity index (χ0n) is 13.0. The number of anilines is 1. The molecule has 0 aliphatic heterocycles. The average Bonchev–Trinajstić information content (AvgIpc) is 2.98. The van der Waals surface area contributed by atoms with E-state index in [1.165, 1.54) is 0 Å². The number of nitrogens with one attached hydrogen (secondary N) is 1. The molecule has 4 nitrogen and oxygen atoms in total. The van der Waals surface area contributed by atoms with Crippen molar-refractivity contribution in [2.45, 2.75) is 13.5 Å². The van der Waals surface area contributed by atoms with Gasteiger partial charge in [0, 0.05) is 27.9 Å². The fourth-order valence-electron chi connectivity index (χ4n) is 2.23. The molecular formula is C18H15Cl2N3O. The Morgan fingerprint density at radius 1 is 1.12 bits per heavy atom. The lowest BCUT2D eigenvalue weighted by molar-refractivity contribution is 0.102. The van der Waals surface area contributed by atoms with Gasteiger partial charge < -0.3 is 5.32 Å². The molecule has 2 aromatic carbocycles. The number of aryl methyl sites for hydroxylation is 1. The highest BCUT2D eigenvalue weighted by Gasteiger charge is 2.09. The van der Waals surface area contributed by atoms with Gasteiger partial charge in [0.05, 0.1) is 6.54 Å². The molecule has 0 saturated carbocycles. The average molecular weight is 360 g/mol. The van der Waals surface area contributed by atoms with Crippen molar-refractivity contribution in [3.63, 3.8) is 0 Å². The van der Waals surface area contributed by atoms with Gasteiger partial charge in [0.2, 0.25) is 0 Å². The van der Waals surface area contributed by atoms with Crippen LogP contribution in [0.25, 0.3) is 0 Å². The Morgan fingerprint density at radius 3 is 2.58 bits per heavy atom. The highest BCUT2D eigenvalue weighted by atomic mass is 35.5. The van der Waals surface area contributed by atoms with E-state index in [4.69, 9.17) is 23.2 Å². The first kappa shape index (κ1) is 16.6. The second-order valence-corrected chi connectivity index (χ2v) is 6.30. The van der Waals surface area contributed by atoms with E-state index in [2.05, 4.69) is 10.4 Å². The summed E-state index contributed by atoms with van der Waals surface area (Å²) in [5.74, 6) is 0.301. The van der Waals surface area contributed by atoms with Crippen molar-refractivity contribution in [2.75, 3.05) is 5.32 Å². The normalized spacial score (nSPS) is 10.6. The molecule has 0 radical (unpaired) electrons. The molecule has 6 heteroatoms. The first-order chi connectivity index (χ1) is 11.5. The van der Waals surface area contributed by atoms with Crippen LogP contribution in [0.2, 0.25) is 10.0 Å². The van der Waals surface area contributed by atoms with Crippen LogP contribution in [0.5, 0.6) is 0 Å². The van der Waals surface area contributed by atoms with Crippen LogP contribution in [0.15, 0.2) is 54.7 Å². The fourth-order valence-corrected chi connectivity index (χ4v) is 2.70. The second kappa shape index (κ2) is 7.07. The van der Waals surface area contributed by atoms with Gasteiger partial charge in [-0.3, -0.25) is 9.48 Å². The van der Waals surface area contributed by atoms with Crippen LogP contribution in [-0.2, 0) is 6.54 Å². The van der Waals surface area contributed by atoms with E-state index in [-0.39, 0.29) is 5.91 Å². The SMILES string of the molecule is Cc1ccc(C(=O)Nc2ccn(Cc3ccc(Cl)cc3Cl)n2)cc1. The van der Waals surface area contributed by atoms with Crippen molar-refractivity contribution in [3.8, 4) is 0 Å². The van der Waals surface area contributed by atoms with Gasteiger partial charge in [-0.05, 0) is 36.8 Å². The summed E-state index contributed by atoms with van der Waals surface area (Å²) in [6.45, 7) is 2.47. The number of halogens is 2. The minimum Gasteiger partial charge on any atom is -0.305 e. The number of benzene rings is 2. The van der Waals surface area contributed by atoms with Gasteiger partial charge in [0.1, 0.15) is 0 Å². The summed E-state index contributed by atoms with van der Waals surface area (Å²) in [5, 5.41) is 8.31. The quantitative estimate of drug-likeness (QED) is 0.727. The summed E-state index contributed by atoms with van der Waals surface area (Å²) in [4.78, 5) is 12.2. The number of hydrogen-bond acceptors (Lipinski definition) is 2. The van der Waals surface area contributed by atoms with Crippen LogP contribution in [0.1, 0.15) is 21.5 Å². The molecular weight excluding hydrogens is 345 g/mol. The van der Waals surface area contributed by atoms with Gasteiger partial charge in [-0.1, -0.05) is 47.0 Å². The van der Waals surface area contributed by atoms with Gasteiger partial charge in [-0.2, -0.15) is 5.10 Å². The molecule has 3 rings (SSSR count). The van der Waals surface area contributed by atoms with Gasteiger partial charge in [0.15, 0.2) is 5.82 Å². The highest BCUT2D eigenvalue weighted by molar-refractivity contribution is 6.35. The monoisotopic (exact) mass is 359 g/mol. The maximum Gasteiger partial charge on any atom is 0.256 e. The molecule has 0 aliphatic carbocycles. The van der Waals surface area contributed by atoms with Crippen LogP contribution < -0.4 is 5.32 Å². The summed E-state index contributed by atoms with van der Waals surface area (Å²) < 4.78 is 1.71. The number of nitrogens with zero attached hydrogens (tertiary/aromatic N) is 2. The van der Waals surface area contributed by atoms with Crippen molar-refractivity contribution in [3.05, 3.63) is 81.5 Å². The maximum atomic E-state index is 12.2. The zero-order valence-corrected chi connectivity index (χ0v) is 14.5. The number of aromatic nitrogens is 2. The molecule has 0 saturated heterocycles. The Bertz CT molecular complexity index is 872. The summed E-state index contributed by atoms with van der Waals surface area (Å²) in [5.41, 5.74) is 2.60. The van der Waals surface area contributed by atoms with Crippen LogP contribution in [0.3, 0.4) is 0 Å². The number of amides is 1. The molecule has 1 heterocycles. The van der Waals surface area contributed by atoms with Crippen LogP contribution in [0.4, 0.5) is 5.82 Å². The molecule has 3 aromatic rings. The third-order valence-corrected chi connectivity index (χ3v) is 4.13. The molecule has 0 bridgehead atoms. The minimum absolute atomic E-state index is 0.190. The molecule has 0 aliphatic rings. The first-order valence-electron chi connectivity index (χ1n) is 7.37. The molecule has 0 unspecified atom stereocenters. The largest absolute Gasteiger partial charge is 0.305 e. The smallest absolute Gasteiger partial charge is 0.256 e. The number of hydrogen-bond donors (Lipinski definition) is 1. The molecule has 1 aromatic heterocycles. The van der Waals surface area contributed by atoms with Gasteiger partial charge >= 0.3 is 0 Å². The molecule has 122 valence electrons.